The fourth-order valence-corrected chi connectivity index (χ4v) is 2.41. The zero-order valence-corrected chi connectivity index (χ0v) is 13.9. The number of halogens is 4. The average Bonchev–Trinajstić information content (AvgIpc) is 2.78. The number of nitrogens with one attached hydrogen (secondary N) is 1. The molecule has 0 amide bonds. The van der Waals surface area contributed by atoms with Crippen molar-refractivity contribution in [1.82, 2.24) is 14.8 Å². The molecular formula is C11H10BrF3N4O3S. The van der Waals surface area contributed by atoms with Crippen molar-refractivity contribution in [3.05, 3.63) is 29.0 Å². The van der Waals surface area contributed by atoms with Crippen molar-refractivity contribution in [2.75, 3.05) is 10.5 Å². The Morgan fingerprint density at radius 2 is 1.91 bits per heavy atom. The second-order valence-electron chi connectivity index (χ2n) is 4.16. The van der Waals surface area contributed by atoms with E-state index in [0.29, 0.717) is 5.69 Å². The minimum atomic E-state index is -4.79. The highest BCUT2D eigenvalue weighted by atomic mass is 79.9. The van der Waals surface area contributed by atoms with E-state index < -0.39 is 22.1 Å². The molecule has 0 unspecified atom stereocenters. The second-order valence-corrected chi connectivity index (χ2v) is 6.88. The van der Waals surface area contributed by atoms with E-state index in [1.807, 2.05) is 0 Å². The fourth-order valence-electron chi connectivity index (χ4n) is 1.53. The lowest BCUT2D eigenvalue weighted by Gasteiger charge is -2.10. The summed E-state index contributed by atoms with van der Waals surface area (Å²) in [5.41, 5.74) is 0.298. The van der Waals surface area contributed by atoms with Crippen molar-refractivity contribution in [3.63, 3.8) is 0 Å². The van der Waals surface area contributed by atoms with Crippen molar-refractivity contribution in [3.8, 4) is 11.4 Å². The number of anilines is 1. The standard InChI is InChI=1S/C11H10BrF3N4O3S/c1-2-23(20,21)18-10-16-9(12)17-19(10)7-3-5-8(6-4-7)22-11(13,14)15/h3-6H,2H2,1H3,(H,16,17,18). The van der Waals surface area contributed by atoms with Gasteiger partial charge in [0.25, 0.3) is 0 Å². The first-order valence-electron chi connectivity index (χ1n) is 6.09. The van der Waals surface area contributed by atoms with Gasteiger partial charge in [0.1, 0.15) is 5.75 Å². The molecule has 0 bridgehead atoms. The van der Waals surface area contributed by atoms with Crippen molar-refractivity contribution in [2.45, 2.75) is 13.3 Å². The number of hydrogen-bond acceptors (Lipinski definition) is 5. The summed E-state index contributed by atoms with van der Waals surface area (Å²) < 4.78 is 66.8. The van der Waals surface area contributed by atoms with Gasteiger partial charge in [0.2, 0.25) is 20.7 Å². The molecule has 2 rings (SSSR count). The summed E-state index contributed by atoms with van der Waals surface area (Å²) in [6.07, 6.45) is -4.79. The van der Waals surface area contributed by atoms with Gasteiger partial charge in [0.05, 0.1) is 11.4 Å². The van der Waals surface area contributed by atoms with Crippen LogP contribution in [-0.4, -0.2) is 35.3 Å². The SMILES string of the molecule is CCS(=O)(=O)Nc1nc(Br)nn1-c1ccc(OC(F)(F)F)cc1. The summed E-state index contributed by atoms with van der Waals surface area (Å²) in [7, 11) is -3.59. The molecule has 1 N–H and O–H groups in total. The number of ether oxygens (including phenoxy) is 1. The van der Waals surface area contributed by atoms with E-state index in [9.17, 15) is 21.6 Å². The van der Waals surface area contributed by atoms with E-state index in [-0.39, 0.29) is 16.4 Å². The maximum absolute atomic E-state index is 12.1. The Morgan fingerprint density at radius 1 is 1.30 bits per heavy atom. The minimum absolute atomic E-state index is 0.0942. The summed E-state index contributed by atoms with van der Waals surface area (Å²) in [6.45, 7) is 1.45. The maximum Gasteiger partial charge on any atom is 0.573 e. The predicted octanol–water partition coefficient (Wildman–Crippen LogP) is 2.69. The molecule has 7 nitrogen and oxygen atoms in total. The van der Waals surface area contributed by atoms with Gasteiger partial charge in [-0.25, -0.2) is 8.42 Å². The molecule has 2 aromatic rings. The Kier molecular flexibility index (Phi) is 4.84. The molecule has 0 radical (unpaired) electrons. The summed E-state index contributed by atoms with van der Waals surface area (Å²) in [4.78, 5) is 3.87. The Bertz CT molecular complexity index is 790. The third kappa shape index (κ3) is 4.82. The Labute approximate surface area is 137 Å². The van der Waals surface area contributed by atoms with Gasteiger partial charge in [0.15, 0.2) is 0 Å². The fraction of sp³-hybridized carbons (Fsp3) is 0.273. The van der Waals surface area contributed by atoms with Crippen LogP contribution in [0.1, 0.15) is 6.92 Å². The molecule has 0 saturated heterocycles. The summed E-state index contributed by atoms with van der Waals surface area (Å²) >= 11 is 3.01. The third-order valence-corrected chi connectivity index (χ3v) is 4.11. The largest absolute Gasteiger partial charge is 0.573 e. The zero-order chi connectivity index (χ0) is 17.3. The molecular weight excluding hydrogens is 405 g/mol. The van der Waals surface area contributed by atoms with Crippen LogP contribution >= 0.6 is 15.9 Å². The van der Waals surface area contributed by atoms with Crippen LogP contribution < -0.4 is 9.46 Å². The quantitative estimate of drug-likeness (QED) is 0.812. The lowest BCUT2D eigenvalue weighted by Crippen LogP contribution is -2.18. The van der Waals surface area contributed by atoms with Gasteiger partial charge in [-0.15, -0.1) is 18.3 Å². The monoisotopic (exact) mass is 414 g/mol. The van der Waals surface area contributed by atoms with Crippen molar-refractivity contribution < 1.29 is 26.3 Å². The normalized spacial score (nSPS) is 12.2. The van der Waals surface area contributed by atoms with Crippen molar-refractivity contribution in [1.29, 1.82) is 0 Å². The van der Waals surface area contributed by atoms with Gasteiger partial charge in [-0.2, -0.15) is 9.67 Å². The van der Waals surface area contributed by atoms with Gasteiger partial charge in [-0.05, 0) is 47.1 Å². The average molecular weight is 415 g/mol. The maximum atomic E-state index is 12.1. The molecule has 0 aliphatic carbocycles. The number of sulfonamides is 1. The van der Waals surface area contributed by atoms with Crippen LogP contribution in [0.5, 0.6) is 5.75 Å². The van der Waals surface area contributed by atoms with Gasteiger partial charge in [0, 0.05) is 0 Å². The minimum Gasteiger partial charge on any atom is -0.406 e. The Balaban J connectivity index is 2.32. The summed E-state index contributed by atoms with van der Waals surface area (Å²) in [5, 5.41) is 3.94. The number of rotatable bonds is 5. The molecule has 0 atom stereocenters. The van der Waals surface area contributed by atoms with Crippen LogP contribution in [-0.2, 0) is 10.0 Å². The molecule has 126 valence electrons. The van der Waals surface area contributed by atoms with Crippen LogP contribution in [0.25, 0.3) is 5.69 Å². The lowest BCUT2D eigenvalue weighted by molar-refractivity contribution is -0.274. The van der Waals surface area contributed by atoms with Crippen LogP contribution in [0.2, 0.25) is 0 Å². The highest BCUT2D eigenvalue weighted by molar-refractivity contribution is 9.10. The first-order valence-corrected chi connectivity index (χ1v) is 8.53. The number of nitrogens with zero attached hydrogens (tertiary/aromatic N) is 3. The molecule has 1 aromatic carbocycles. The number of alkyl halides is 3. The molecule has 12 heteroatoms. The van der Waals surface area contributed by atoms with Gasteiger partial charge in [-0.3, -0.25) is 4.72 Å². The number of aromatic nitrogens is 3. The van der Waals surface area contributed by atoms with E-state index >= 15 is 0 Å². The second kappa shape index (κ2) is 6.35. The molecule has 0 saturated carbocycles. The van der Waals surface area contributed by atoms with E-state index in [1.54, 1.807) is 0 Å². The van der Waals surface area contributed by atoms with Crippen LogP contribution in [0, 0.1) is 0 Å². The molecule has 0 aliphatic heterocycles. The van der Waals surface area contributed by atoms with E-state index in [4.69, 9.17) is 0 Å². The van der Waals surface area contributed by atoms with Gasteiger partial charge in [-0.1, -0.05) is 0 Å². The van der Waals surface area contributed by atoms with Gasteiger partial charge < -0.3 is 4.74 Å². The zero-order valence-electron chi connectivity index (χ0n) is 11.5. The topological polar surface area (TPSA) is 86.1 Å². The first-order chi connectivity index (χ1) is 10.6. The molecule has 0 fully saturated rings. The third-order valence-electron chi connectivity index (χ3n) is 2.52. The smallest absolute Gasteiger partial charge is 0.406 e. The lowest BCUT2D eigenvalue weighted by atomic mass is 10.3. The molecule has 0 aliphatic rings. The Hall–Kier alpha value is -1.82. The van der Waals surface area contributed by atoms with Crippen LogP contribution in [0.15, 0.2) is 29.0 Å². The van der Waals surface area contributed by atoms with E-state index in [2.05, 4.69) is 35.5 Å². The van der Waals surface area contributed by atoms with Crippen molar-refractivity contribution in [2.24, 2.45) is 0 Å². The first kappa shape index (κ1) is 17.5. The number of benzene rings is 1. The molecule has 1 aromatic heterocycles. The highest BCUT2D eigenvalue weighted by Crippen LogP contribution is 2.25. The van der Waals surface area contributed by atoms with Crippen LogP contribution in [0.3, 0.4) is 0 Å². The summed E-state index contributed by atoms with van der Waals surface area (Å²) in [5.74, 6) is -0.671. The predicted molar refractivity (Wildman–Crippen MR) is 78.8 cm³/mol. The van der Waals surface area contributed by atoms with Crippen molar-refractivity contribution >= 4 is 31.9 Å². The molecule has 23 heavy (non-hydrogen) atoms. The van der Waals surface area contributed by atoms with E-state index in [0.717, 1.165) is 16.8 Å². The van der Waals surface area contributed by atoms with Gasteiger partial charge >= 0.3 is 6.36 Å². The van der Waals surface area contributed by atoms with Crippen LogP contribution in [0.4, 0.5) is 19.1 Å². The number of hydrogen-bond donors (Lipinski definition) is 1. The Morgan fingerprint density at radius 3 is 2.43 bits per heavy atom. The highest BCUT2D eigenvalue weighted by Gasteiger charge is 2.31. The summed E-state index contributed by atoms with van der Waals surface area (Å²) in [6, 6.07) is 4.73. The molecule has 1 heterocycles. The van der Waals surface area contributed by atoms with E-state index in [1.165, 1.54) is 19.1 Å². The molecule has 0 spiro atoms.